The molecule has 0 aromatic heterocycles. The number of ether oxygens (including phenoxy) is 1. The summed E-state index contributed by atoms with van der Waals surface area (Å²) in [5.74, 6) is 0.735. The summed E-state index contributed by atoms with van der Waals surface area (Å²) in [6, 6.07) is 16.1. The molecule has 124 valence electrons. The van der Waals surface area contributed by atoms with E-state index in [1.165, 1.54) is 5.56 Å². The standard InChI is InChI=1S/C19H26N2O2/c20-18-14-16(8-4-11-21-12-5-13-22)9-10-19(18)23-15-17-6-2-1-3-7-17/h1-3,6-7,9-10,14,21-22H,4-5,8,11-13,15,20H2. The molecule has 2 aromatic carbocycles. The molecule has 0 saturated carbocycles. The van der Waals surface area contributed by atoms with E-state index >= 15 is 0 Å². The third-order valence-electron chi connectivity index (χ3n) is 3.64. The van der Waals surface area contributed by atoms with Gasteiger partial charge >= 0.3 is 0 Å². The van der Waals surface area contributed by atoms with Gasteiger partial charge in [0, 0.05) is 6.61 Å². The predicted octanol–water partition coefficient (Wildman–Crippen LogP) is 2.75. The van der Waals surface area contributed by atoms with Crippen LogP contribution in [0.2, 0.25) is 0 Å². The average molecular weight is 314 g/mol. The molecule has 2 rings (SSSR count). The first-order chi connectivity index (χ1) is 11.3. The van der Waals surface area contributed by atoms with Crippen LogP contribution in [0.3, 0.4) is 0 Å². The number of nitrogens with one attached hydrogen (secondary N) is 1. The molecule has 0 aliphatic rings. The molecule has 0 fully saturated rings. The van der Waals surface area contributed by atoms with E-state index < -0.39 is 0 Å². The second kappa shape index (κ2) is 9.87. The van der Waals surface area contributed by atoms with Crippen LogP contribution >= 0.6 is 0 Å². The summed E-state index contributed by atoms with van der Waals surface area (Å²) in [4.78, 5) is 0. The largest absolute Gasteiger partial charge is 0.487 e. The topological polar surface area (TPSA) is 67.5 Å². The molecule has 0 amide bonds. The molecular weight excluding hydrogens is 288 g/mol. The molecule has 0 aliphatic heterocycles. The summed E-state index contributed by atoms with van der Waals surface area (Å²) in [6.45, 7) is 2.59. The minimum atomic E-state index is 0.244. The number of aryl methyl sites for hydroxylation is 1. The Labute approximate surface area is 138 Å². The summed E-state index contributed by atoms with van der Waals surface area (Å²) >= 11 is 0. The van der Waals surface area contributed by atoms with Gasteiger partial charge in [-0.05, 0) is 55.6 Å². The lowest BCUT2D eigenvalue weighted by Crippen LogP contribution is -2.18. The fourth-order valence-electron chi connectivity index (χ4n) is 2.37. The average Bonchev–Trinajstić information content (AvgIpc) is 2.58. The molecule has 0 unspecified atom stereocenters. The third-order valence-corrected chi connectivity index (χ3v) is 3.64. The van der Waals surface area contributed by atoms with Crippen LogP contribution in [0.1, 0.15) is 24.0 Å². The summed E-state index contributed by atoms with van der Waals surface area (Å²) in [5.41, 5.74) is 9.12. The Balaban J connectivity index is 1.76. The maximum absolute atomic E-state index is 8.71. The monoisotopic (exact) mass is 314 g/mol. The number of aliphatic hydroxyl groups excluding tert-OH is 1. The van der Waals surface area contributed by atoms with Crippen LogP contribution in [0.15, 0.2) is 48.5 Å². The molecule has 0 spiro atoms. The summed E-state index contributed by atoms with van der Waals surface area (Å²) in [5, 5.41) is 12.0. The molecule has 0 saturated heterocycles. The van der Waals surface area contributed by atoms with Crippen LogP contribution in [0, 0.1) is 0 Å². The highest BCUT2D eigenvalue weighted by atomic mass is 16.5. The molecule has 0 aliphatic carbocycles. The number of nitrogen functional groups attached to an aromatic ring is 1. The maximum Gasteiger partial charge on any atom is 0.142 e. The van der Waals surface area contributed by atoms with Crippen molar-refractivity contribution >= 4 is 5.69 Å². The normalized spacial score (nSPS) is 10.7. The van der Waals surface area contributed by atoms with Gasteiger partial charge in [0.05, 0.1) is 5.69 Å². The highest BCUT2D eigenvalue weighted by Crippen LogP contribution is 2.24. The fourth-order valence-corrected chi connectivity index (χ4v) is 2.37. The van der Waals surface area contributed by atoms with Gasteiger partial charge in [0.1, 0.15) is 12.4 Å². The van der Waals surface area contributed by atoms with Crippen LogP contribution in [-0.2, 0) is 13.0 Å². The van der Waals surface area contributed by atoms with E-state index in [2.05, 4.69) is 11.4 Å². The number of hydrogen-bond acceptors (Lipinski definition) is 4. The molecule has 0 heterocycles. The highest BCUT2D eigenvalue weighted by Gasteiger charge is 2.03. The van der Waals surface area contributed by atoms with E-state index in [1.807, 2.05) is 42.5 Å². The highest BCUT2D eigenvalue weighted by molar-refractivity contribution is 5.54. The molecule has 0 bridgehead atoms. The zero-order chi connectivity index (χ0) is 16.3. The van der Waals surface area contributed by atoms with Crippen LogP contribution in [0.4, 0.5) is 5.69 Å². The first-order valence-electron chi connectivity index (χ1n) is 8.16. The molecule has 2 aromatic rings. The van der Waals surface area contributed by atoms with Crippen LogP contribution in [-0.4, -0.2) is 24.8 Å². The third kappa shape index (κ3) is 6.30. The van der Waals surface area contributed by atoms with E-state index in [-0.39, 0.29) is 6.61 Å². The zero-order valence-corrected chi connectivity index (χ0v) is 13.5. The quantitative estimate of drug-likeness (QED) is 0.466. The molecule has 0 atom stereocenters. The van der Waals surface area contributed by atoms with E-state index in [9.17, 15) is 0 Å². The lowest BCUT2D eigenvalue weighted by Gasteiger charge is -2.11. The SMILES string of the molecule is Nc1cc(CCCNCCCO)ccc1OCc1ccccc1. The van der Waals surface area contributed by atoms with Gasteiger partial charge in [-0.2, -0.15) is 0 Å². The Morgan fingerprint density at radius 2 is 1.74 bits per heavy atom. The van der Waals surface area contributed by atoms with Gasteiger partial charge in [-0.25, -0.2) is 0 Å². The van der Waals surface area contributed by atoms with E-state index in [1.54, 1.807) is 0 Å². The maximum atomic E-state index is 8.71. The molecule has 4 N–H and O–H groups in total. The van der Waals surface area contributed by atoms with Crippen molar-refractivity contribution in [3.8, 4) is 5.75 Å². The van der Waals surface area contributed by atoms with Crippen molar-refractivity contribution in [1.29, 1.82) is 0 Å². The van der Waals surface area contributed by atoms with Crippen LogP contribution < -0.4 is 15.8 Å². The van der Waals surface area contributed by atoms with Gasteiger partial charge in [0.15, 0.2) is 0 Å². The van der Waals surface area contributed by atoms with Crippen molar-refractivity contribution in [3.63, 3.8) is 0 Å². The van der Waals surface area contributed by atoms with Crippen molar-refractivity contribution in [2.24, 2.45) is 0 Å². The fraction of sp³-hybridized carbons (Fsp3) is 0.368. The first kappa shape index (κ1) is 17.3. The van der Waals surface area contributed by atoms with Gasteiger partial charge in [-0.15, -0.1) is 0 Å². The second-order valence-corrected chi connectivity index (χ2v) is 5.58. The van der Waals surface area contributed by atoms with Crippen molar-refractivity contribution in [2.75, 3.05) is 25.4 Å². The summed E-state index contributed by atoms with van der Waals surface area (Å²) in [7, 11) is 0. The van der Waals surface area contributed by atoms with Gasteiger partial charge in [0.2, 0.25) is 0 Å². The Morgan fingerprint density at radius 3 is 2.48 bits per heavy atom. The zero-order valence-electron chi connectivity index (χ0n) is 13.5. The number of rotatable bonds is 10. The number of anilines is 1. The number of hydrogen-bond donors (Lipinski definition) is 3. The van der Waals surface area contributed by atoms with Crippen molar-refractivity contribution in [2.45, 2.75) is 25.9 Å². The molecule has 23 heavy (non-hydrogen) atoms. The molecule has 4 nitrogen and oxygen atoms in total. The van der Waals surface area contributed by atoms with E-state index in [0.717, 1.165) is 43.7 Å². The number of nitrogens with two attached hydrogens (primary N) is 1. The first-order valence-corrected chi connectivity index (χ1v) is 8.16. The van der Waals surface area contributed by atoms with Crippen LogP contribution in [0.25, 0.3) is 0 Å². The summed E-state index contributed by atoms with van der Waals surface area (Å²) < 4.78 is 5.79. The lowest BCUT2D eigenvalue weighted by molar-refractivity contribution is 0.286. The number of aliphatic hydroxyl groups is 1. The van der Waals surface area contributed by atoms with Gasteiger partial charge in [0.25, 0.3) is 0 Å². The Hall–Kier alpha value is -2.04. The van der Waals surface area contributed by atoms with E-state index in [0.29, 0.717) is 12.3 Å². The Morgan fingerprint density at radius 1 is 0.957 bits per heavy atom. The lowest BCUT2D eigenvalue weighted by atomic mass is 10.1. The molecule has 4 heteroatoms. The number of benzene rings is 2. The van der Waals surface area contributed by atoms with E-state index in [4.69, 9.17) is 15.6 Å². The molecular formula is C19H26N2O2. The smallest absolute Gasteiger partial charge is 0.142 e. The Kier molecular flexibility index (Phi) is 7.43. The summed E-state index contributed by atoms with van der Waals surface area (Å²) in [6.07, 6.45) is 2.84. The van der Waals surface area contributed by atoms with Gasteiger partial charge < -0.3 is 20.9 Å². The molecule has 0 radical (unpaired) electrons. The minimum Gasteiger partial charge on any atom is -0.487 e. The minimum absolute atomic E-state index is 0.244. The second-order valence-electron chi connectivity index (χ2n) is 5.58. The van der Waals surface area contributed by atoms with Crippen molar-refractivity contribution in [3.05, 3.63) is 59.7 Å². The van der Waals surface area contributed by atoms with Crippen LogP contribution in [0.5, 0.6) is 5.75 Å². The predicted molar refractivity (Wildman–Crippen MR) is 94.5 cm³/mol. The van der Waals surface area contributed by atoms with Gasteiger partial charge in [-0.1, -0.05) is 36.4 Å². The van der Waals surface area contributed by atoms with Crippen molar-refractivity contribution < 1.29 is 9.84 Å². The Bertz CT molecular complexity index is 573. The van der Waals surface area contributed by atoms with Gasteiger partial charge in [-0.3, -0.25) is 0 Å². The van der Waals surface area contributed by atoms with Crippen molar-refractivity contribution in [1.82, 2.24) is 5.32 Å².